The van der Waals surface area contributed by atoms with E-state index in [1.807, 2.05) is 0 Å². The zero-order chi connectivity index (χ0) is 78.3. The Morgan fingerprint density at radius 1 is 0.184 bits per heavy atom. The van der Waals surface area contributed by atoms with E-state index in [1.54, 1.807) is 0 Å². The van der Waals surface area contributed by atoms with E-state index >= 15 is 0 Å². The molecular formula is C110H108Br4. The molecule has 114 heavy (non-hydrogen) atoms. The molecule has 8 aliphatic carbocycles. The molecule has 0 amide bonds. The molecule has 576 valence electrons. The van der Waals surface area contributed by atoms with Crippen LogP contribution in [0.1, 0.15) is 263 Å². The first-order chi connectivity index (χ1) is 55.4. The van der Waals surface area contributed by atoms with Crippen molar-refractivity contribution in [3.63, 3.8) is 0 Å². The molecule has 8 aliphatic rings. The van der Waals surface area contributed by atoms with Gasteiger partial charge in [-0.3, -0.25) is 0 Å². The van der Waals surface area contributed by atoms with Crippen molar-refractivity contribution < 1.29 is 0 Å². The third-order valence-corrected chi connectivity index (χ3v) is 32.1. The second-order valence-electron chi connectivity index (χ2n) is 36.6. The van der Waals surface area contributed by atoms with Gasteiger partial charge in [0.2, 0.25) is 0 Å². The number of fused-ring (bicyclic) bond motifs is 12. The summed E-state index contributed by atoms with van der Waals surface area (Å²) in [4.78, 5) is 0. The summed E-state index contributed by atoms with van der Waals surface area (Å²) in [6.45, 7) is 19.0. The van der Waals surface area contributed by atoms with E-state index in [0.717, 1.165) is 141 Å². The summed E-state index contributed by atoms with van der Waals surface area (Å²) in [7, 11) is 0. The van der Waals surface area contributed by atoms with Gasteiger partial charge >= 0.3 is 0 Å². The maximum atomic E-state index is 3.93. The summed E-state index contributed by atoms with van der Waals surface area (Å²) < 4.78 is 4.69. The quantitative estimate of drug-likeness (QED) is 0.0566. The molecule has 4 saturated carbocycles. The highest BCUT2D eigenvalue weighted by Crippen LogP contribution is 2.75. The first-order valence-corrected chi connectivity index (χ1v) is 46.8. The minimum atomic E-state index is -0.142. The summed E-state index contributed by atoms with van der Waals surface area (Å²) >= 11 is 15.7. The maximum Gasteiger partial charge on any atom is 0.0215 e. The Balaban J connectivity index is 0.767. The highest BCUT2D eigenvalue weighted by molar-refractivity contribution is 9.11. The Hall–Kier alpha value is -7.44. The lowest BCUT2D eigenvalue weighted by atomic mass is 9.32. The van der Waals surface area contributed by atoms with E-state index in [9.17, 15) is 0 Å². The lowest BCUT2D eigenvalue weighted by molar-refractivity contribution is -0.0691. The van der Waals surface area contributed by atoms with Crippen molar-refractivity contribution >= 4 is 63.7 Å². The van der Waals surface area contributed by atoms with Gasteiger partial charge in [-0.25, -0.2) is 0 Å². The van der Waals surface area contributed by atoms with Crippen LogP contribution < -0.4 is 0 Å². The molecule has 12 aromatic carbocycles. The standard InChI is InChI=1S/C110H108Br4/c1-9-49-107(50-10-2)95-57-75(25-41-87(95)91-45-37-83(111)61-99(91)107)71-17-29-79(30-18-71)103-65-104(80-31-19-72(20-32-80)76-26-42-88-92-46-38-84(112)62-100(92)108(51-11-3,52-12-4)96(88)58-76)68-105(66-103,81-33-21-73(22-34-81)77-27-43-89-93-47-39-85(113)63-101(93)109(53-13-5,54-14-6)97(89)59-77)70-106(67-103,69-104)82-35-23-74(24-36-82)78-28-44-90-94-48-40-86(114)64-102(94)110(55-15-7,56-16-8)98(90)60-78/h17-48,57-64H,9-16,49-56,65-70H2,1-8H3. The predicted molar refractivity (Wildman–Crippen MR) is 497 cm³/mol. The molecule has 0 spiro atoms. The largest absolute Gasteiger partial charge is 0.0653 e. The van der Waals surface area contributed by atoms with Crippen molar-refractivity contribution in [2.45, 2.75) is 240 Å². The van der Waals surface area contributed by atoms with Crippen LogP contribution in [-0.2, 0) is 43.3 Å². The number of halogens is 4. The van der Waals surface area contributed by atoms with Crippen LogP contribution >= 0.6 is 63.7 Å². The summed E-state index contributed by atoms with van der Waals surface area (Å²) in [5, 5.41) is 0. The second kappa shape index (κ2) is 29.3. The minimum Gasteiger partial charge on any atom is -0.0653 e. The average molecular weight is 1750 g/mol. The number of hydrogen-bond acceptors (Lipinski definition) is 0. The van der Waals surface area contributed by atoms with Gasteiger partial charge in [0.05, 0.1) is 0 Å². The fourth-order valence-corrected chi connectivity index (χ4v) is 28.0. The van der Waals surface area contributed by atoms with Gasteiger partial charge in [-0.15, -0.1) is 0 Å². The third-order valence-electron chi connectivity index (χ3n) is 30.1. The number of benzene rings is 12. The Bertz CT molecular complexity index is 4980. The number of rotatable bonds is 24. The summed E-state index contributed by atoms with van der Waals surface area (Å²) in [5.41, 5.74) is 39.3. The van der Waals surface area contributed by atoms with Crippen LogP contribution in [0.3, 0.4) is 0 Å². The van der Waals surface area contributed by atoms with E-state index in [2.05, 4.69) is 362 Å². The van der Waals surface area contributed by atoms with E-state index in [1.165, 1.54) is 174 Å². The number of hydrogen-bond donors (Lipinski definition) is 0. The smallest absolute Gasteiger partial charge is 0.0215 e. The van der Waals surface area contributed by atoms with E-state index in [0.29, 0.717) is 0 Å². The SMILES string of the molecule is CCCC1(CCC)c2cc(Br)ccc2-c2ccc(-c3ccc(C45CC6(c7ccc(-c8ccc9c(c8)C(CCC)(CCC)c8cc(Br)ccc8-9)cc7)CC(c7ccc(-c8ccc9c(c8)C(CCC)(CCC)c8cc(Br)ccc8-9)cc7)(C4)CC(c4ccc(-c7ccc8c(c7)C(CCC)(CCC)c7cc(Br)ccc7-8)cc4)(C5)C6)cc3)cc21. The minimum absolute atomic E-state index is 0.0131. The van der Waals surface area contributed by atoms with Crippen LogP contribution in [0.5, 0.6) is 0 Å². The van der Waals surface area contributed by atoms with E-state index in [4.69, 9.17) is 0 Å². The average Bonchev–Trinajstić information content (AvgIpc) is 1.11. The molecule has 4 bridgehead atoms. The van der Waals surface area contributed by atoms with Crippen molar-refractivity contribution in [3.05, 3.63) is 327 Å². The molecular weight excluding hydrogens is 1640 g/mol. The van der Waals surface area contributed by atoms with Gasteiger partial charge in [0.15, 0.2) is 0 Å². The molecule has 0 aliphatic heterocycles. The fourth-order valence-electron chi connectivity index (χ4n) is 26.6. The molecule has 0 N–H and O–H groups in total. The van der Waals surface area contributed by atoms with Crippen molar-refractivity contribution in [2.75, 3.05) is 0 Å². The Morgan fingerprint density at radius 2 is 0.333 bits per heavy atom. The Morgan fingerprint density at radius 3 is 0.500 bits per heavy atom. The van der Waals surface area contributed by atoms with Gasteiger partial charge < -0.3 is 0 Å². The predicted octanol–water partition coefficient (Wildman–Crippen LogP) is 33.3. The maximum absolute atomic E-state index is 3.93. The van der Waals surface area contributed by atoms with Crippen LogP contribution in [0.15, 0.2) is 261 Å². The zero-order valence-electron chi connectivity index (χ0n) is 68.2. The lowest BCUT2D eigenvalue weighted by Crippen LogP contribution is -2.67. The molecule has 0 unspecified atom stereocenters. The van der Waals surface area contributed by atoms with Crippen LogP contribution in [0.2, 0.25) is 0 Å². The Labute approximate surface area is 713 Å². The van der Waals surface area contributed by atoms with Crippen molar-refractivity contribution in [3.8, 4) is 89.0 Å². The van der Waals surface area contributed by atoms with Crippen LogP contribution in [0.25, 0.3) is 89.0 Å². The topological polar surface area (TPSA) is 0 Å². The normalized spacial score (nSPS) is 21.2. The monoisotopic (exact) mass is 1740 g/mol. The molecule has 4 fully saturated rings. The van der Waals surface area contributed by atoms with E-state index < -0.39 is 0 Å². The molecule has 20 rings (SSSR count). The molecule has 0 radical (unpaired) electrons. The third kappa shape index (κ3) is 11.8. The molecule has 0 aromatic heterocycles. The van der Waals surface area contributed by atoms with Gasteiger partial charge in [-0.05, 0) is 340 Å². The Kier molecular flexibility index (Phi) is 19.7. The van der Waals surface area contributed by atoms with Gasteiger partial charge in [0.25, 0.3) is 0 Å². The highest BCUT2D eigenvalue weighted by atomic mass is 79.9. The van der Waals surface area contributed by atoms with Gasteiger partial charge in [0, 0.05) is 39.6 Å². The molecule has 0 atom stereocenters. The van der Waals surface area contributed by atoms with Crippen molar-refractivity contribution in [2.24, 2.45) is 0 Å². The second-order valence-corrected chi connectivity index (χ2v) is 40.3. The molecule has 0 heterocycles. The van der Waals surface area contributed by atoms with Crippen molar-refractivity contribution in [1.82, 2.24) is 0 Å². The van der Waals surface area contributed by atoms with Gasteiger partial charge in [-0.2, -0.15) is 0 Å². The van der Waals surface area contributed by atoms with Crippen LogP contribution in [0.4, 0.5) is 0 Å². The van der Waals surface area contributed by atoms with Gasteiger partial charge in [-0.1, -0.05) is 340 Å². The van der Waals surface area contributed by atoms with Gasteiger partial charge in [0.1, 0.15) is 0 Å². The van der Waals surface area contributed by atoms with Crippen molar-refractivity contribution in [1.29, 1.82) is 0 Å². The molecule has 4 heteroatoms. The lowest BCUT2D eigenvalue weighted by Gasteiger charge is -2.71. The van der Waals surface area contributed by atoms with Crippen LogP contribution in [-0.4, -0.2) is 0 Å². The molecule has 12 aromatic rings. The summed E-state index contributed by atoms with van der Waals surface area (Å²) in [5.74, 6) is 0. The summed E-state index contributed by atoms with van der Waals surface area (Å²) in [6.07, 6.45) is 24.9. The summed E-state index contributed by atoms with van der Waals surface area (Å²) in [6, 6.07) is 99.6. The molecule has 0 nitrogen and oxygen atoms in total. The first kappa shape index (κ1) is 76.5. The first-order valence-electron chi connectivity index (χ1n) is 43.7. The molecule has 0 saturated heterocycles. The highest BCUT2D eigenvalue weighted by Gasteiger charge is 2.69. The fraction of sp³-hybridized carbons (Fsp3) is 0.345. The zero-order valence-corrected chi connectivity index (χ0v) is 74.5. The van der Waals surface area contributed by atoms with E-state index in [-0.39, 0.29) is 43.3 Å². The van der Waals surface area contributed by atoms with Crippen LogP contribution in [0, 0.1) is 0 Å².